The van der Waals surface area contributed by atoms with Gasteiger partial charge in [0.05, 0.1) is 12.7 Å². The van der Waals surface area contributed by atoms with Gasteiger partial charge in [-0.2, -0.15) is 0 Å². The molecule has 0 saturated carbocycles. The van der Waals surface area contributed by atoms with Gasteiger partial charge in [0.1, 0.15) is 0 Å². The third kappa shape index (κ3) is 3.25. The minimum absolute atomic E-state index is 0.409. The lowest BCUT2D eigenvalue weighted by Crippen LogP contribution is -2.10. The molecule has 5 heteroatoms. The molecule has 0 atom stereocenters. The van der Waals surface area contributed by atoms with Crippen molar-refractivity contribution in [1.29, 1.82) is 0 Å². The maximum atomic E-state index is 12.2. The molecule has 3 N–H and O–H groups in total. The molecule has 0 aliphatic rings. The zero-order chi connectivity index (χ0) is 19.7. The number of esters is 1. The molecule has 0 aliphatic heterocycles. The zero-order valence-electron chi connectivity index (χ0n) is 15.2. The largest absolute Gasteiger partial charge is 0.465 e. The number of rotatable bonds is 4. The van der Waals surface area contributed by atoms with Gasteiger partial charge in [0.15, 0.2) is 0 Å². The molecular formula is C23H18N2O3. The highest BCUT2D eigenvalue weighted by Gasteiger charge is 2.13. The molecule has 0 unspecified atom stereocenters. The molecule has 138 valence electrons. The molecule has 0 saturated heterocycles. The van der Waals surface area contributed by atoms with Crippen LogP contribution >= 0.6 is 0 Å². The Morgan fingerprint density at radius 3 is 2.21 bits per heavy atom. The first-order valence-corrected chi connectivity index (χ1v) is 8.77. The Morgan fingerprint density at radius 2 is 1.54 bits per heavy atom. The van der Waals surface area contributed by atoms with Crippen molar-refractivity contribution >= 4 is 22.8 Å². The van der Waals surface area contributed by atoms with Crippen molar-refractivity contribution in [2.45, 2.75) is 0 Å². The molecule has 0 fully saturated rings. The van der Waals surface area contributed by atoms with Crippen molar-refractivity contribution in [3.05, 3.63) is 83.9 Å². The summed E-state index contributed by atoms with van der Waals surface area (Å²) in [5.41, 5.74) is 10.7. The minimum Gasteiger partial charge on any atom is -0.465 e. The molecule has 28 heavy (non-hydrogen) atoms. The second-order valence-corrected chi connectivity index (χ2v) is 6.50. The van der Waals surface area contributed by atoms with Crippen LogP contribution in [0, 0.1) is 0 Å². The van der Waals surface area contributed by atoms with Gasteiger partial charge in [-0.3, -0.25) is 4.79 Å². The van der Waals surface area contributed by atoms with Crippen LogP contribution in [0.4, 0.5) is 0 Å². The van der Waals surface area contributed by atoms with Crippen LogP contribution in [-0.2, 0) is 4.74 Å². The molecule has 4 aromatic rings. The van der Waals surface area contributed by atoms with Gasteiger partial charge in [0.25, 0.3) is 0 Å². The van der Waals surface area contributed by atoms with E-state index in [1.165, 1.54) is 7.11 Å². The van der Waals surface area contributed by atoms with E-state index in [2.05, 4.69) is 4.98 Å². The van der Waals surface area contributed by atoms with Gasteiger partial charge in [-0.15, -0.1) is 0 Å². The molecule has 0 spiro atoms. The second-order valence-electron chi connectivity index (χ2n) is 6.50. The van der Waals surface area contributed by atoms with E-state index >= 15 is 0 Å². The molecule has 0 bridgehead atoms. The number of nitrogens with one attached hydrogen (secondary N) is 1. The Balaban J connectivity index is 1.85. The number of amides is 1. The molecule has 5 nitrogen and oxygen atoms in total. The van der Waals surface area contributed by atoms with Crippen molar-refractivity contribution in [3.8, 4) is 22.4 Å². The van der Waals surface area contributed by atoms with Gasteiger partial charge in [-0.05, 0) is 59.2 Å². The lowest BCUT2D eigenvalue weighted by molar-refractivity contribution is 0.0600. The number of carbonyl (C=O) groups excluding carboxylic acids is 2. The van der Waals surface area contributed by atoms with Crippen LogP contribution in [0.5, 0.6) is 0 Å². The number of ether oxygens (including phenoxy) is 1. The number of aromatic amines is 1. The molecular weight excluding hydrogens is 352 g/mol. The highest BCUT2D eigenvalue weighted by atomic mass is 16.5. The van der Waals surface area contributed by atoms with Crippen LogP contribution in [-0.4, -0.2) is 24.0 Å². The standard InChI is InChI=1S/C23H18N2O3/c1-28-23(27)19-11-17(14-6-8-15(9-7-14)22(24)26)10-18(12-19)21-13-16-4-2-3-5-20(16)25-21/h2-13,25H,1H3,(H2,24,26). The first-order valence-electron chi connectivity index (χ1n) is 8.77. The van der Waals surface area contributed by atoms with Gasteiger partial charge in [0, 0.05) is 22.2 Å². The number of primary amides is 1. The summed E-state index contributed by atoms with van der Waals surface area (Å²) < 4.78 is 4.92. The van der Waals surface area contributed by atoms with Crippen molar-refractivity contribution in [2.75, 3.05) is 7.11 Å². The fourth-order valence-corrected chi connectivity index (χ4v) is 3.24. The maximum absolute atomic E-state index is 12.2. The molecule has 4 rings (SSSR count). The number of benzene rings is 3. The Morgan fingerprint density at radius 1 is 0.821 bits per heavy atom. The quantitative estimate of drug-likeness (QED) is 0.523. The summed E-state index contributed by atoms with van der Waals surface area (Å²) in [4.78, 5) is 26.9. The Labute approximate surface area is 161 Å². The van der Waals surface area contributed by atoms with Crippen molar-refractivity contribution < 1.29 is 14.3 Å². The predicted octanol–water partition coefficient (Wildman–Crippen LogP) is 4.39. The van der Waals surface area contributed by atoms with E-state index in [-0.39, 0.29) is 0 Å². The van der Waals surface area contributed by atoms with Gasteiger partial charge in [0.2, 0.25) is 5.91 Å². The summed E-state index contributed by atoms with van der Waals surface area (Å²) in [7, 11) is 1.36. The van der Waals surface area contributed by atoms with Crippen molar-refractivity contribution in [2.24, 2.45) is 5.73 Å². The van der Waals surface area contributed by atoms with Gasteiger partial charge in [-0.25, -0.2) is 4.79 Å². The third-order valence-corrected chi connectivity index (χ3v) is 4.70. The summed E-state index contributed by atoms with van der Waals surface area (Å²) in [6.45, 7) is 0. The minimum atomic E-state index is -0.478. The van der Waals surface area contributed by atoms with E-state index in [0.29, 0.717) is 11.1 Å². The van der Waals surface area contributed by atoms with Crippen molar-refractivity contribution in [3.63, 3.8) is 0 Å². The van der Waals surface area contributed by atoms with E-state index in [1.54, 1.807) is 24.3 Å². The van der Waals surface area contributed by atoms with Gasteiger partial charge < -0.3 is 15.5 Å². The molecule has 1 amide bonds. The highest BCUT2D eigenvalue weighted by Crippen LogP contribution is 2.30. The number of H-pyrrole nitrogens is 1. The van der Waals surface area contributed by atoms with Crippen LogP contribution in [0.15, 0.2) is 72.8 Å². The fourth-order valence-electron chi connectivity index (χ4n) is 3.24. The molecule has 3 aromatic carbocycles. The summed E-state index contributed by atoms with van der Waals surface area (Å²) in [6, 6.07) is 22.6. The smallest absolute Gasteiger partial charge is 0.337 e. The summed E-state index contributed by atoms with van der Waals surface area (Å²) >= 11 is 0. The number of carbonyl (C=O) groups is 2. The van der Waals surface area contributed by atoms with Crippen LogP contribution < -0.4 is 5.73 Å². The predicted molar refractivity (Wildman–Crippen MR) is 109 cm³/mol. The topological polar surface area (TPSA) is 85.2 Å². The lowest BCUT2D eigenvalue weighted by atomic mass is 9.97. The van der Waals surface area contributed by atoms with E-state index in [4.69, 9.17) is 10.5 Å². The summed E-state index contributed by atoms with van der Waals surface area (Å²) in [5, 5.41) is 1.09. The van der Waals surface area contributed by atoms with Crippen LogP contribution in [0.25, 0.3) is 33.3 Å². The summed E-state index contributed by atoms with van der Waals surface area (Å²) in [6.07, 6.45) is 0. The Kier molecular flexibility index (Phi) is 4.41. The fraction of sp³-hybridized carbons (Fsp3) is 0.0435. The number of para-hydroxylation sites is 1. The van der Waals surface area contributed by atoms with Crippen LogP contribution in [0.3, 0.4) is 0 Å². The number of fused-ring (bicyclic) bond motifs is 1. The molecule has 0 aliphatic carbocycles. The number of hydrogen-bond donors (Lipinski definition) is 2. The lowest BCUT2D eigenvalue weighted by Gasteiger charge is -2.09. The van der Waals surface area contributed by atoms with Crippen molar-refractivity contribution in [1.82, 2.24) is 4.98 Å². The molecule has 1 aromatic heterocycles. The van der Waals surface area contributed by atoms with E-state index in [9.17, 15) is 9.59 Å². The SMILES string of the molecule is COC(=O)c1cc(-c2ccc(C(N)=O)cc2)cc(-c2cc3ccccc3[nH]2)c1. The third-order valence-electron chi connectivity index (χ3n) is 4.70. The van der Waals surface area contributed by atoms with Gasteiger partial charge >= 0.3 is 5.97 Å². The van der Waals surface area contributed by atoms with Crippen LogP contribution in [0.1, 0.15) is 20.7 Å². The number of aromatic nitrogens is 1. The first kappa shape index (κ1) is 17.5. The number of methoxy groups -OCH3 is 1. The number of nitrogens with two attached hydrogens (primary N) is 1. The summed E-state index contributed by atoms with van der Waals surface area (Å²) in [5.74, 6) is -0.887. The molecule has 0 radical (unpaired) electrons. The first-order chi connectivity index (χ1) is 13.5. The Hall–Kier alpha value is -3.86. The second kappa shape index (κ2) is 7.04. The van der Waals surface area contributed by atoms with E-state index < -0.39 is 11.9 Å². The maximum Gasteiger partial charge on any atom is 0.337 e. The average molecular weight is 370 g/mol. The van der Waals surface area contributed by atoms with Crippen LogP contribution in [0.2, 0.25) is 0 Å². The monoisotopic (exact) mass is 370 g/mol. The Bertz CT molecular complexity index is 1160. The molecule has 1 heterocycles. The van der Waals surface area contributed by atoms with E-state index in [0.717, 1.165) is 33.3 Å². The zero-order valence-corrected chi connectivity index (χ0v) is 15.2. The van der Waals surface area contributed by atoms with Gasteiger partial charge in [-0.1, -0.05) is 30.3 Å². The number of hydrogen-bond acceptors (Lipinski definition) is 3. The highest BCUT2D eigenvalue weighted by molar-refractivity contribution is 5.95. The van der Waals surface area contributed by atoms with E-state index in [1.807, 2.05) is 48.5 Å². The average Bonchev–Trinajstić information content (AvgIpc) is 3.17. The normalized spacial score (nSPS) is 10.8.